The van der Waals surface area contributed by atoms with Gasteiger partial charge in [-0.3, -0.25) is 0 Å². The molecule has 1 aromatic heterocycles. The van der Waals surface area contributed by atoms with Crippen LogP contribution in [0.4, 0.5) is 17.1 Å². The molecule has 0 N–H and O–H groups in total. The Hall–Kier alpha value is -8.04. The number of hydrogen-bond donors (Lipinski definition) is 0. The SMILES string of the molecule is c1ccc2c(c1)-c1ccccc1C21c2ccccc2-c2c(N(c3ccc(-c4cc(-c5cccc6ccccc56)c5ccccc5c4)cc3)c3ccc4sc5ccccc5c4c3)cccc21. The zero-order valence-electron chi connectivity index (χ0n) is 35.4. The van der Waals surface area contributed by atoms with E-state index in [0.29, 0.717) is 0 Å². The van der Waals surface area contributed by atoms with Crippen LogP contribution in [0.15, 0.2) is 237 Å². The standard InChI is InChI=1S/C63H39NS/c1-3-18-46-41(15-1)17-13-24-48(46)53-38-43(37-42-16-2-4-19-47(42)53)40-31-33-44(34-32-40)64(45-35-36-61-54(39-45)51-22-8-12-30-60(51)65-61)59-29-14-28-58-62(59)52-23-7-11-27-57(52)63(58)55-25-9-5-20-49(55)50-21-6-10-26-56(50)63/h1-39H. The van der Waals surface area contributed by atoms with Crippen molar-refractivity contribution in [1.29, 1.82) is 0 Å². The number of fused-ring (bicyclic) bond motifs is 15. The molecule has 0 saturated heterocycles. The molecular formula is C63H39NS. The normalized spacial score (nSPS) is 13.0. The highest BCUT2D eigenvalue weighted by atomic mass is 32.1. The van der Waals surface area contributed by atoms with E-state index in [1.165, 1.54) is 114 Å². The lowest BCUT2D eigenvalue weighted by atomic mass is 9.70. The average Bonchev–Trinajstić information content (AvgIpc) is 4.00. The van der Waals surface area contributed by atoms with Gasteiger partial charge in [0.05, 0.1) is 11.1 Å². The van der Waals surface area contributed by atoms with E-state index in [4.69, 9.17) is 0 Å². The van der Waals surface area contributed by atoms with E-state index in [1.54, 1.807) is 0 Å². The number of nitrogens with zero attached hydrogens (tertiary/aromatic N) is 1. The number of hydrogen-bond acceptors (Lipinski definition) is 2. The molecule has 0 atom stereocenters. The molecule has 0 fully saturated rings. The van der Waals surface area contributed by atoms with Crippen molar-refractivity contribution >= 4 is 70.1 Å². The molecule has 2 aliphatic carbocycles. The van der Waals surface area contributed by atoms with Gasteiger partial charge in [0.1, 0.15) is 0 Å². The summed E-state index contributed by atoms with van der Waals surface area (Å²) in [7, 11) is 0. The molecule has 1 spiro atoms. The van der Waals surface area contributed by atoms with Gasteiger partial charge in [-0.2, -0.15) is 0 Å². The average molecular weight is 842 g/mol. The largest absolute Gasteiger partial charge is 0.310 e. The lowest BCUT2D eigenvalue weighted by Crippen LogP contribution is -2.26. The summed E-state index contributed by atoms with van der Waals surface area (Å²) in [4.78, 5) is 2.51. The van der Waals surface area contributed by atoms with Gasteiger partial charge in [0, 0.05) is 37.1 Å². The van der Waals surface area contributed by atoms with Crippen molar-refractivity contribution in [3.05, 3.63) is 259 Å². The van der Waals surface area contributed by atoms with Gasteiger partial charge in [-0.15, -0.1) is 11.3 Å². The topological polar surface area (TPSA) is 3.24 Å². The maximum atomic E-state index is 2.51. The van der Waals surface area contributed by atoms with Gasteiger partial charge in [-0.05, 0) is 137 Å². The smallest absolute Gasteiger partial charge is 0.0726 e. The van der Waals surface area contributed by atoms with Crippen molar-refractivity contribution in [3.63, 3.8) is 0 Å². The van der Waals surface area contributed by atoms with Gasteiger partial charge in [0.25, 0.3) is 0 Å². The number of thiophene rings is 1. The lowest BCUT2D eigenvalue weighted by Gasteiger charge is -2.32. The monoisotopic (exact) mass is 841 g/mol. The number of anilines is 3. The van der Waals surface area contributed by atoms with Crippen molar-refractivity contribution in [2.75, 3.05) is 4.90 Å². The molecule has 65 heavy (non-hydrogen) atoms. The highest BCUT2D eigenvalue weighted by molar-refractivity contribution is 7.25. The van der Waals surface area contributed by atoms with Crippen LogP contribution in [-0.4, -0.2) is 0 Å². The van der Waals surface area contributed by atoms with Crippen molar-refractivity contribution in [1.82, 2.24) is 0 Å². The first-order chi connectivity index (χ1) is 32.2. The zero-order chi connectivity index (χ0) is 42.6. The summed E-state index contributed by atoms with van der Waals surface area (Å²) in [5.74, 6) is 0. The van der Waals surface area contributed by atoms with Crippen LogP contribution in [0, 0.1) is 0 Å². The Kier molecular flexibility index (Phi) is 7.84. The second kappa shape index (κ2) is 14.0. The van der Waals surface area contributed by atoms with Crippen LogP contribution in [0.2, 0.25) is 0 Å². The van der Waals surface area contributed by atoms with E-state index in [-0.39, 0.29) is 0 Å². The highest BCUT2D eigenvalue weighted by Gasteiger charge is 2.52. The highest BCUT2D eigenvalue weighted by Crippen LogP contribution is 2.64. The minimum Gasteiger partial charge on any atom is -0.310 e. The van der Waals surface area contributed by atoms with Gasteiger partial charge in [0.2, 0.25) is 0 Å². The predicted octanol–water partition coefficient (Wildman–Crippen LogP) is 17.5. The zero-order valence-corrected chi connectivity index (χ0v) is 36.2. The van der Waals surface area contributed by atoms with Crippen LogP contribution in [0.5, 0.6) is 0 Å². The molecule has 12 aromatic rings. The maximum absolute atomic E-state index is 2.51. The third kappa shape index (κ3) is 5.20. The molecule has 0 unspecified atom stereocenters. The Bertz CT molecular complexity index is 3860. The van der Waals surface area contributed by atoms with Crippen molar-refractivity contribution in [3.8, 4) is 44.5 Å². The predicted molar refractivity (Wildman–Crippen MR) is 276 cm³/mol. The number of benzene rings is 11. The van der Waals surface area contributed by atoms with Crippen molar-refractivity contribution in [2.24, 2.45) is 0 Å². The van der Waals surface area contributed by atoms with Crippen LogP contribution in [0.25, 0.3) is 86.2 Å². The van der Waals surface area contributed by atoms with Gasteiger partial charge >= 0.3 is 0 Å². The van der Waals surface area contributed by atoms with Crippen molar-refractivity contribution < 1.29 is 0 Å². The minimum atomic E-state index is -0.434. The molecule has 0 amide bonds. The maximum Gasteiger partial charge on any atom is 0.0726 e. The second-order valence-corrected chi connectivity index (χ2v) is 18.6. The third-order valence-corrected chi connectivity index (χ3v) is 15.4. The molecule has 2 aliphatic rings. The Labute approximate surface area is 381 Å². The summed E-state index contributed by atoms with van der Waals surface area (Å²) in [5, 5.41) is 7.59. The van der Waals surface area contributed by atoms with Crippen LogP contribution < -0.4 is 4.90 Å². The van der Waals surface area contributed by atoms with E-state index in [0.717, 1.165) is 11.4 Å². The molecule has 0 saturated carbocycles. The molecule has 14 rings (SSSR count). The first kappa shape index (κ1) is 36.4. The van der Waals surface area contributed by atoms with Crippen molar-refractivity contribution in [2.45, 2.75) is 5.41 Å². The van der Waals surface area contributed by atoms with Crippen LogP contribution in [-0.2, 0) is 5.41 Å². The van der Waals surface area contributed by atoms with Gasteiger partial charge < -0.3 is 4.90 Å². The quantitative estimate of drug-likeness (QED) is 0.167. The Morgan fingerprint density at radius 3 is 1.62 bits per heavy atom. The molecule has 0 radical (unpaired) electrons. The summed E-state index contributed by atoms with van der Waals surface area (Å²) in [6, 6.07) is 88.4. The number of rotatable bonds is 5. The lowest BCUT2D eigenvalue weighted by molar-refractivity contribution is 0.794. The summed E-state index contributed by atoms with van der Waals surface area (Å²) in [6.07, 6.45) is 0. The van der Waals surface area contributed by atoms with Crippen LogP contribution >= 0.6 is 11.3 Å². The Morgan fingerprint density at radius 1 is 0.308 bits per heavy atom. The summed E-state index contributed by atoms with van der Waals surface area (Å²) in [6.45, 7) is 0. The fraction of sp³-hybridized carbons (Fsp3) is 0.0159. The summed E-state index contributed by atoms with van der Waals surface area (Å²) >= 11 is 1.87. The summed E-state index contributed by atoms with van der Waals surface area (Å²) < 4.78 is 2.61. The first-order valence-corrected chi connectivity index (χ1v) is 23.3. The van der Waals surface area contributed by atoms with E-state index >= 15 is 0 Å². The molecule has 0 bridgehead atoms. The molecule has 302 valence electrons. The third-order valence-electron chi connectivity index (χ3n) is 14.3. The van der Waals surface area contributed by atoms with E-state index < -0.39 is 5.41 Å². The molecule has 11 aromatic carbocycles. The summed E-state index contributed by atoms with van der Waals surface area (Å²) in [5.41, 5.74) is 18.4. The van der Waals surface area contributed by atoms with Crippen LogP contribution in [0.3, 0.4) is 0 Å². The molecule has 1 heterocycles. The van der Waals surface area contributed by atoms with Crippen LogP contribution in [0.1, 0.15) is 22.3 Å². The minimum absolute atomic E-state index is 0.434. The Balaban J connectivity index is 0.990. The molecular weight excluding hydrogens is 803 g/mol. The fourth-order valence-corrected chi connectivity index (χ4v) is 12.6. The second-order valence-electron chi connectivity index (χ2n) is 17.5. The molecule has 0 aliphatic heterocycles. The van der Waals surface area contributed by atoms with E-state index in [1.807, 2.05) is 11.3 Å². The van der Waals surface area contributed by atoms with E-state index in [9.17, 15) is 0 Å². The molecule has 1 nitrogen and oxygen atoms in total. The first-order valence-electron chi connectivity index (χ1n) is 22.5. The molecule has 2 heteroatoms. The fourth-order valence-electron chi connectivity index (χ4n) is 11.6. The Morgan fingerprint density at radius 2 is 0.846 bits per heavy atom. The van der Waals surface area contributed by atoms with Gasteiger partial charge in [-0.1, -0.05) is 182 Å². The van der Waals surface area contributed by atoms with Gasteiger partial charge in [0.15, 0.2) is 0 Å². The van der Waals surface area contributed by atoms with Gasteiger partial charge in [-0.25, -0.2) is 0 Å². The van der Waals surface area contributed by atoms with E-state index in [2.05, 4.69) is 241 Å².